The quantitative estimate of drug-likeness (QED) is 0.473. The van der Waals surface area contributed by atoms with Crippen LogP contribution in [0, 0.1) is 0 Å². The summed E-state index contributed by atoms with van der Waals surface area (Å²) < 4.78 is 27.0. The van der Waals surface area contributed by atoms with Crippen molar-refractivity contribution in [3.63, 3.8) is 0 Å². The molecule has 0 saturated carbocycles. The first kappa shape index (κ1) is 22.5. The number of guanidine groups is 1. The van der Waals surface area contributed by atoms with Gasteiger partial charge in [-0.25, -0.2) is 17.7 Å². The highest BCUT2D eigenvalue weighted by Gasteiger charge is 2.29. The van der Waals surface area contributed by atoms with Gasteiger partial charge in [-0.1, -0.05) is 30.7 Å². The summed E-state index contributed by atoms with van der Waals surface area (Å²) in [6.07, 6.45) is 0.685. The molecule has 0 amide bonds. The van der Waals surface area contributed by atoms with Gasteiger partial charge in [0.25, 0.3) is 0 Å². The van der Waals surface area contributed by atoms with Crippen LogP contribution in [-0.4, -0.2) is 44.4 Å². The van der Waals surface area contributed by atoms with Gasteiger partial charge in [0.2, 0.25) is 16.0 Å². The lowest BCUT2D eigenvalue weighted by atomic mass is 10.2. The van der Waals surface area contributed by atoms with E-state index >= 15 is 0 Å². The number of aliphatic imine (C=N–C) groups is 1. The molecule has 152 valence electrons. The molecule has 0 aromatic heterocycles. The third kappa shape index (κ3) is 4.60. The van der Waals surface area contributed by atoms with Crippen LogP contribution >= 0.6 is 27.5 Å². The van der Waals surface area contributed by atoms with Gasteiger partial charge >= 0.3 is 0 Å². The molecular formula is C18H22BrClN4O3S. The average Bonchev–Trinajstić information content (AvgIpc) is 2.62. The standard InChI is InChI=1S/C18H22BrClN4O3S/c1-4-11-24(18(21)22-14-8-6-5-7-12(14)19)15-10-9-13(20)17(16(15)25)28(26,27)23(2)3/h5-10,25H,4,11H2,1-3H3,(H2,21,22). The van der Waals surface area contributed by atoms with Gasteiger partial charge in [-0.05, 0) is 46.6 Å². The number of hydrogen-bond acceptors (Lipinski definition) is 4. The van der Waals surface area contributed by atoms with Gasteiger partial charge in [0, 0.05) is 25.1 Å². The fourth-order valence-corrected chi connectivity index (χ4v) is 4.34. The van der Waals surface area contributed by atoms with Gasteiger partial charge in [-0.3, -0.25) is 0 Å². The number of phenols is 1. The molecule has 0 atom stereocenters. The Morgan fingerprint density at radius 3 is 2.46 bits per heavy atom. The number of para-hydroxylation sites is 1. The number of hydrogen-bond donors (Lipinski definition) is 2. The van der Waals surface area contributed by atoms with Crippen LogP contribution in [0.15, 0.2) is 50.8 Å². The number of aromatic hydroxyl groups is 1. The van der Waals surface area contributed by atoms with Gasteiger partial charge < -0.3 is 15.7 Å². The van der Waals surface area contributed by atoms with Gasteiger partial charge in [0.1, 0.15) is 4.90 Å². The largest absolute Gasteiger partial charge is 0.504 e. The highest BCUT2D eigenvalue weighted by molar-refractivity contribution is 9.10. The van der Waals surface area contributed by atoms with Crippen LogP contribution in [0.1, 0.15) is 13.3 Å². The molecule has 0 unspecified atom stereocenters. The maximum atomic E-state index is 12.6. The number of anilines is 1. The number of nitrogens with two attached hydrogens (primary N) is 1. The van der Waals surface area contributed by atoms with Crippen LogP contribution in [0.25, 0.3) is 0 Å². The van der Waals surface area contributed by atoms with E-state index in [9.17, 15) is 13.5 Å². The first-order valence-electron chi connectivity index (χ1n) is 8.41. The summed E-state index contributed by atoms with van der Waals surface area (Å²) in [6, 6.07) is 10.2. The highest BCUT2D eigenvalue weighted by atomic mass is 79.9. The van der Waals surface area contributed by atoms with Gasteiger partial charge in [0.05, 0.1) is 16.4 Å². The second kappa shape index (κ2) is 9.13. The van der Waals surface area contributed by atoms with Crippen LogP contribution in [0.4, 0.5) is 11.4 Å². The zero-order valence-corrected chi connectivity index (χ0v) is 18.9. The molecule has 2 aromatic carbocycles. The first-order chi connectivity index (χ1) is 13.1. The summed E-state index contributed by atoms with van der Waals surface area (Å²) in [4.78, 5) is 5.60. The molecular weight excluding hydrogens is 468 g/mol. The minimum absolute atomic E-state index is 0.0762. The summed E-state index contributed by atoms with van der Waals surface area (Å²) in [6.45, 7) is 2.35. The summed E-state index contributed by atoms with van der Waals surface area (Å²) in [7, 11) is -1.23. The fourth-order valence-electron chi connectivity index (χ4n) is 2.49. The van der Waals surface area contributed by atoms with Gasteiger partial charge in [0.15, 0.2) is 5.75 Å². The maximum absolute atomic E-state index is 12.6. The Morgan fingerprint density at radius 2 is 1.89 bits per heavy atom. The summed E-state index contributed by atoms with van der Waals surface area (Å²) in [5, 5.41) is 10.7. The number of phenolic OH excluding ortho intramolecular Hbond substituents is 1. The Kier molecular flexibility index (Phi) is 7.33. The number of rotatable bonds is 6. The van der Waals surface area contributed by atoms with E-state index in [-0.39, 0.29) is 21.6 Å². The molecule has 0 aliphatic heterocycles. The van der Waals surface area contributed by atoms with Crippen molar-refractivity contribution in [2.45, 2.75) is 18.2 Å². The molecule has 0 aliphatic carbocycles. The van der Waals surface area contributed by atoms with Crippen molar-refractivity contribution < 1.29 is 13.5 Å². The predicted molar refractivity (Wildman–Crippen MR) is 117 cm³/mol. The SMILES string of the molecule is CCCN(C(N)=Nc1ccccc1Br)c1ccc(Cl)c(S(=O)(=O)N(C)C)c1O. The molecule has 2 rings (SSSR count). The lowest BCUT2D eigenvalue weighted by Gasteiger charge is -2.26. The van der Waals surface area contributed by atoms with Crippen LogP contribution < -0.4 is 10.6 Å². The molecule has 3 N–H and O–H groups in total. The van der Waals surface area contributed by atoms with Gasteiger partial charge in [-0.2, -0.15) is 0 Å². The maximum Gasteiger partial charge on any atom is 0.247 e. The molecule has 0 saturated heterocycles. The van der Waals surface area contributed by atoms with E-state index in [1.165, 1.54) is 26.2 Å². The minimum Gasteiger partial charge on any atom is -0.504 e. The smallest absolute Gasteiger partial charge is 0.247 e. The van der Waals surface area contributed by atoms with E-state index in [2.05, 4.69) is 20.9 Å². The minimum atomic E-state index is -3.96. The third-order valence-electron chi connectivity index (χ3n) is 3.90. The summed E-state index contributed by atoms with van der Waals surface area (Å²) in [5.74, 6) is -0.362. The van der Waals surface area contributed by atoms with Crippen LogP contribution in [0.2, 0.25) is 5.02 Å². The van der Waals surface area contributed by atoms with Crippen LogP contribution in [0.3, 0.4) is 0 Å². The van der Waals surface area contributed by atoms with Crippen LogP contribution in [-0.2, 0) is 10.0 Å². The first-order valence-corrected chi connectivity index (χ1v) is 11.0. The highest BCUT2D eigenvalue weighted by Crippen LogP contribution is 2.40. The molecule has 0 aliphatic rings. The van der Waals surface area contributed by atoms with Crippen molar-refractivity contribution in [1.29, 1.82) is 0 Å². The number of halogens is 2. The molecule has 7 nitrogen and oxygen atoms in total. The normalized spacial score (nSPS) is 12.4. The number of nitrogens with zero attached hydrogens (tertiary/aromatic N) is 3. The zero-order valence-electron chi connectivity index (χ0n) is 15.7. The van der Waals surface area contributed by atoms with E-state index in [0.717, 1.165) is 8.78 Å². The van der Waals surface area contributed by atoms with Crippen molar-refractivity contribution in [2.75, 3.05) is 25.5 Å². The Hall–Kier alpha value is -1.81. The molecule has 0 bridgehead atoms. The Labute approximate surface area is 178 Å². The van der Waals surface area contributed by atoms with Crippen molar-refractivity contribution in [3.8, 4) is 5.75 Å². The average molecular weight is 490 g/mol. The lowest BCUT2D eigenvalue weighted by Crippen LogP contribution is -2.38. The molecule has 0 radical (unpaired) electrons. The molecule has 28 heavy (non-hydrogen) atoms. The second-order valence-electron chi connectivity index (χ2n) is 6.10. The molecule has 0 fully saturated rings. The summed E-state index contributed by atoms with van der Waals surface area (Å²) >= 11 is 9.50. The second-order valence-corrected chi connectivity index (χ2v) is 9.45. The third-order valence-corrected chi connectivity index (χ3v) is 6.89. The fraction of sp³-hybridized carbons (Fsp3) is 0.278. The predicted octanol–water partition coefficient (Wildman–Crippen LogP) is 3.92. The van der Waals surface area contributed by atoms with E-state index in [0.29, 0.717) is 18.7 Å². The molecule has 10 heteroatoms. The Bertz CT molecular complexity index is 996. The van der Waals surface area contributed by atoms with E-state index < -0.39 is 15.8 Å². The van der Waals surface area contributed by atoms with Gasteiger partial charge in [-0.15, -0.1) is 0 Å². The molecule has 2 aromatic rings. The van der Waals surface area contributed by atoms with E-state index in [4.69, 9.17) is 17.3 Å². The zero-order chi connectivity index (χ0) is 21.1. The van der Waals surface area contributed by atoms with Crippen molar-refractivity contribution in [3.05, 3.63) is 45.9 Å². The van der Waals surface area contributed by atoms with E-state index in [1.807, 2.05) is 25.1 Å². The number of benzene rings is 2. The number of sulfonamides is 1. The monoisotopic (exact) mass is 488 g/mol. The molecule has 0 spiro atoms. The Morgan fingerprint density at radius 1 is 1.25 bits per heavy atom. The summed E-state index contributed by atoms with van der Waals surface area (Å²) in [5.41, 5.74) is 7.03. The van der Waals surface area contributed by atoms with E-state index in [1.54, 1.807) is 11.0 Å². The van der Waals surface area contributed by atoms with Crippen molar-refractivity contribution >= 4 is 54.9 Å². The topological polar surface area (TPSA) is 99.2 Å². The van der Waals surface area contributed by atoms with Crippen molar-refractivity contribution in [2.24, 2.45) is 10.7 Å². The molecule has 0 heterocycles. The van der Waals surface area contributed by atoms with Crippen LogP contribution in [0.5, 0.6) is 5.75 Å². The lowest BCUT2D eigenvalue weighted by molar-refractivity contribution is 0.453. The van der Waals surface area contributed by atoms with Crippen molar-refractivity contribution in [1.82, 2.24) is 4.31 Å². The Balaban J connectivity index is 2.63.